The minimum absolute atomic E-state index is 0.0719. The van der Waals surface area contributed by atoms with Crippen molar-refractivity contribution in [2.75, 3.05) is 19.8 Å². The van der Waals surface area contributed by atoms with Crippen LogP contribution in [0.25, 0.3) is 0 Å². The molecule has 0 aliphatic rings. The molecule has 0 saturated heterocycles. The van der Waals surface area contributed by atoms with E-state index in [0.29, 0.717) is 19.4 Å². The summed E-state index contributed by atoms with van der Waals surface area (Å²) in [5.41, 5.74) is 0. The zero-order chi connectivity index (χ0) is 49.2. The lowest BCUT2D eigenvalue weighted by Gasteiger charge is -2.18. The predicted octanol–water partition coefficient (Wildman–Crippen LogP) is 20.0. The molecular weight excluding hydrogens is 837 g/mol. The second-order valence-corrected chi connectivity index (χ2v) is 19.2. The molecule has 5 heteroatoms. The van der Waals surface area contributed by atoms with E-state index in [-0.39, 0.29) is 25.2 Å². The fourth-order valence-corrected chi connectivity index (χ4v) is 8.06. The van der Waals surface area contributed by atoms with Crippen LogP contribution < -0.4 is 0 Å². The molecule has 0 heterocycles. The van der Waals surface area contributed by atoms with Crippen molar-refractivity contribution in [2.45, 2.75) is 284 Å². The quantitative estimate of drug-likeness (QED) is 0.0345. The van der Waals surface area contributed by atoms with Gasteiger partial charge in [0.15, 0.2) is 6.10 Å². The third kappa shape index (κ3) is 55.7. The summed E-state index contributed by atoms with van der Waals surface area (Å²) in [5, 5.41) is 0. The van der Waals surface area contributed by atoms with Crippen molar-refractivity contribution in [2.24, 2.45) is 0 Å². The van der Waals surface area contributed by atoms with Crippen molar-refractivity contribution in [3.63, 3.8) is 0 Å². The Labute approximate surface area is 422 Å². The van der Waals surface area contributed by atoms with Crippen LogP contribution in [0, 0.1) is 0 Å². The zero-order valence-electron chi connectivity index (χ0n) is 45.1. The van der Waals surface area contributed by atoms with Crippen molar-refractivity contribution >= 4 is 11.9 Å². The summed E-state index contributed by atoms with van der Waals surface area (Å²) in [6, 6.07) is 0. The summed E-state index contributed by atoms with van der Waals surface area (Å²) in [4.78, 5) is 25.5. The monoisotopic (exact) mass is 947 g/mol. The van der Waals surface area contributed by atoms with Crippen LogP contribution in [0.2, 0.25) is 0 Å². The number of allylic oxidation sites excluding steroid dienone is 14. The second-order valence-electron chi connectivity index (χ2n) is 19.2. The Bertz CT molecular complexity index is 1250. The third-order valence-corrected chi connectivity index (χ3v) is 12.4. The Morgan fingerprint density at radius 3 is 1.06 bits per heavy atom. The van der Waals surface area contributed by atoms with E-state index >= 15 is 0 Å². The lowest BCUT2D eigenvalue weighted by Crippen LogP contribution is -2.30. The van der Waals surface area contributed by atoms with Gasteiger partial charge in [0, 0.05) is 19.4 Å². The van der Waals surface area contributed by atoms with Crippen molar-refractivity contribution in [3.8, 4) is 0 Å². The van der Waals surface area contributed by atoms with Crippen molar-refractivity contribution < 1.29 is 23.8 Å². The fourth-order valence-electron chi connectivity index (χ4n) is 8.06. The van der Waals surface area contributed by atoms with Crippen LogP contribution in [0.4, 0.5) is 0 Å². The van der Waals surface area contributed by atoms with Gasteiger partial charge in [-0.1, -0.05) is 234 Å². The number of hydrogen-bond acceptors (Lipinski definition) is 5. The van der Waals surface area contributed by atoms with Gasteiger partial charge < -0.3 is 14.2 Å². The minimum Gasteiger partial charge on any atom is -0.462 e. The van der Waals surface area contributed by atoms with E-state index in [9.17, 15) is 9.59 Å². The smallest absolute Gasteiger partial charge is 0.306 e. The summed E-state index contributed by atoms with van der Waals surface area (Å²) in [7, 11) is 0. The molecule has 0 spiro atoms. The molecule has 0 rings (SSSR count). The summed E-state index contributed by atoms with van der Waals surface area (Å²) in [5.74, 6) is -0.415. The minimum atomic E-state index is -0.552. The number of esters is 2. The highest BCUT2D eigenvalue weighted by Gasteiger charge is 2.17. The average molecular weight is 948 g/mol. The van der Waals surface area contributed by atoms with Gasteiger partial charge in [0.2, 0.25) is 0 Å². The van der Waals surface area contributed by atoms with E-state index in [1.54, 1.807) is 0 Å². The lowest BCUT2D eigenvalue weighted by molar-refractivity contribution is -0.163. The molecule has 0 aliphatic carbocycles. The summed E-state index contributed by atoms with van der Waals surface area (Å²) >= 11 is 0. The first kappa shape index (κ1) is 65.1. The largest absolute Gasteiger partial charge is 0.462 e. The van der Waals surface area contributed by atoms with Crippen molar-refractivity contribution in [3.05, 3.63) is 85.1 Å². The number of rotatable bonds is 53. The van der Waals surface area contributed by atoms with Gasteiger partial charge in [-0.2, -0.15) is 0 Å². The maximum atomic E-state index is 12.9. The fraction of sp³-hybridized carbons (Fsp3) is 0.746. The molecule has 5 nitrogen and oxygen atoms in total. The van der Waals surface area contributed by atoms with Crippen molar-refractivity contribution in [1.82, 2.24) is 0 Å². The maximum absolute atomic E-state index is 12.9. The standard InChI is InChI=1S/C63H110O5/c1-4-7-10-13-16-19-22-25-28-31-34-37-40-43-46-49-52-55-58-66-59-61(68-63(65)57-54-51-48-45-42-39-36-33-30-27-24-21-18-15-12-9-6-3)60-67-62(64)56-53-50-47-44-41-38-35-32-29-26-23-20-17-14-11-8-5-2/h8,11,16-21,25-30,61H,4-7,9-10,12-15,22-24,31-60H2,1-3H3/b11-8-,19-16-,20-17-,21-18-,28-25-,29-26-,30-27-. The first-order valence-electron chi connectivity index (χ1n) is 29.1. The van der Waals surface area contributed by atoms with Crippen LogP contribution in [-0.2, 0) is 23.8 Å². The van der Waals surface area contributed by atoms with E-state index in [4.69, 9.17) is 14.2 Å². The van der Waals surface area contributed by atoms with Gasteiger partial charge >= 0.3 is 11.9 Å². The van der Waals surface area contributed by atoms with Gasteiger partial charge in [-0.25, -0.2) is 0 Å². The van der Waals surface area contributed by atoms with Crippen LogP contribution in [0.3, 0.4) is 0 Å². The lowest BCUT2D eigenvalue weighted by atomic mass is 10.1. The molecule has 0 aromatic heterocycles. The van der Waals surface area contributed by atoms with Crippen LogP contribution in [0.1, 0.15) is 278 Å². The molecule has 0 aromatic carbocycles. The molecule has 0 aliphatic heterocycles. The molecule has 0 aromatic rings. The molecule has 392 valence electrons. The Morgan fingerprint density at radius 2 is 0.662 bits per heavy atom. The zero-order valence-corrected chi connectivity index (χ0v) is 45.1. The van der Waals surface area contributed by atoms with Crippen molar-refractivity contribution in [1.29, 1.82) is 0 Å². The van der Waals surface area contributed by atoms with Gasteiger partial charge in [-0.15, -0.1) is 0 Å². The SMILES string of the molecule is CC/C=C\C/C=C\C/C=C\CCCCCCCCCC(=O)OCC(COCCCCCCCCCC/C=C\C/C=C\CCCCC)OC(=O)CCCCCCCCC/C=C\C/C=C\CCCCC. The van der Waals surface area contributed by atoms with E-state index in [1.807, 2.05) is 0 Å². The highest BCUT2D eigenvalue weighted by Crippen LogP contribution is 2.15. The number of carbonyl (C=O) groups is 2. The highest BCUT2D eigenvalue weighted by atomic mass is 16.6. The molecule has 0 saturated carbocycles. The number of unbranched alkanes of at least 4 members (excludes halogenated alkanes) is 28. The topological polar surface area (TPSA) is 61.8 Å². The number of carbonyl (C=O) groups excluding carboxylic acids is 2. The molecular formula is C63H110O5. The average Bonchev–Trinajstić information content (AvgIpc) is 3.34. The van der Waals surface area contributed by atoms with E-state index in [2.05, 4.69) is 106 Å². The number of ether oxygens (including phenoxy) is 3. The maximum Gasteiger partial charge on any atom is 0.306 e. The Morgan fingerprint density at radius 1 is 0.338 bits per heavy atom. The van der Waals surface area contributed by atoms with E-state index in [1.165, 1.54) is 154 Å². The Kier molecular flexibility index (Phi) is 55.9. The molecule has 0 bridgehead atoms. The van der Waals surface area contributed by atoms with Gasteiger partial charge in [0.05, 0.1) is 6.61 Å². The van der Waals surface area contributed by atoms with Gasteiger partial charge in [0.25, 0.3) is 0 Å². The normalized spacial score (nSPS) is 12.8. The first-order valence-corrected chi connectivity index (χ1v) is 29.1. The van der Waals surface area contributed by atoms with Gasteiger partial charge in [0.1, 0.15) is 6.61 Å². The highest BCUT2D eigenvalue weighted by molar-refractivity contribution is 5.70. The Balaban J connectivity index is 4.32. The van der Waals surface area contributed by atoms with Crippen LogP contribution >= 0.6 is 0 Å². The third-order valence-electron chi connectivity index (χ3n) is 12.4. The van der Waals surface area contributed by atoms with Crippen LogP contribution in [0.5, 0.6) is 0 Å². The molecule has 0 N–H and O–H groups in total. The van der Waals surface area contributed by atoms with Gasteiger partial charge in [-0.05, 0) is 116 Å². The van der Waals surface area contributed by atoms with Crippen LogP contribution in [-0.4, -0.2) is 37.9 Å². The summed E-state index contributed by atoms with van der Waals surface area (Å²) < 4.78 is 17.5. The van der Waals surface area contributed by atoms with E-state index in [0.717, 1.165) is 89.9 Å². The molecule has 68 heavy (non-hydrogen) atoms. The molecule has 0 amide bonds. The second kappa shape index (κ2) is 58.4. The summed E-state index contributed by atoms with van der Waals surface area (Å²) in [6.45, 7) is 7.66. The van der Waals surface area contributed by atoms with Gasteiger partial charge in [-0.3, -0.25) is 9.59 Å². The number of hydrogen-bond donors (Lipinski definition) is 0. The Hall–Kier alpha value is -2.92. The molecule has 0 fully saturated rings. The van der Waals surface area contributed by atoms with E-state index < -0.39 is 6.10 Å². The molecule has 0 radical (unpaired) electrons. The first-order chi connectivity index (χ1) is 33.6. The summed E-state index contributed by atoms with van der Waals surface area (Å²) in [6.07, 6.45) is 77.4. The molecule has 1 atom stereocenters. The van der Waals surface area contributed by atoms with Crippen LogP contribution in [0.15, 0.2) is 85.1 Å². The molecule has 1 unspecified atom stereocenters. The predicted molar refractivity (Wildman–Crippen MR) is 297 cm³/mol.